The zero-order chi connectivity index (χ0) is 29.1. The third-order valence-electron chi connectivity index (χ3n) is 6.85. The first-order valence-electron chi connectivity index (χ1n) is 13.1. The number of nitrogens with two attached hydrogens (primary N) is 1. The number of aromatic hydroxyl groups is 1. The van der Waals surface area contributed by atoms with Crippen LogP contribution >= 0.6 is 0 Å². The van der Waals surface area contributed by atoms with Gasteiger partial charge in [-0.3, -0.25) is 9.59 Å². The summed E-state index contributed by atoms with van der Waals surface area (Å²) in [6.07, 6.45) is 2.19. The van der Waals surface area contributed by atoms with Crippen LogP contribution in [0.3, 0.4) is 0 Å². The molecule has 41 heavy (non-hydrogen) atoms. The van der Waals surface area contributed by atoms with Crippen molar-refractivity contribution in [3.8, 4) is 11.8 Å². The van der Waals surface area contributed by atoms with Gasteiger partial charge in [-0.25, -0.2) is 4.98 Å². The van der Waals surface area contributed by atoms with Crippen LogP contribution in [0.1, 0.15) is 62.7 Å². The van der Waals surface area contributed by atoms with Gasteiger partial charge in [-0.05, 0) is 49.7 Å². The van der Waals surface area contributed by atoms with Crippen molar-refractivity contribution in [2.45, 2.75) is 26.7 Å². The van der Waals surface area contributed by atoms with Crippen LogP contribution in [-0.2, 0) is 0 Å². The molecule has 0 spiro atoms. The maximum atomic E-state index is 13.3. The zero-order valence-electron chi connectivity index (χ0n) is 22.5. The lowest BCUT2D eigenvalue weighted by Gasteiger charge is -2.19. The van der Waals surface area contributed by atoms with Crippen LogP contribution in [0.2, 0.25) is 0 Å². The predicted molar refractivity (Wildman–Crippen MR) is 157 cm³/mol. The molecule has 5 N–H and O–H groups in total. The van der Waals surface area contributed by atoms with E-state index in [-0.39, 0.29) is 56.6 Å². The lowest BCUT2D eigenvalue weighted by molar-refractivity contribution is 0.0977. The summed E-state index contributed by atoms with van der Waals surface area (Å²) in [5, 5.41) is 35.2. The Bertz CT molecular complexity index is 1760. The summed E-state index contributed by atoms with van der Waals surface area (Å²) in [6, 6.07) is 18.8. The number of nitriles is 1. The SMILES string of the molecule is CCCCNc1ccc(Nc2nc(N)c(N=Nc3cccc4c3C(=O)c3c(O)cccc3C4=O)c(C)c2C#N)cc1. The average molecular weight is 546 g/mol. The number of ketones is 2. The first kappa shape index (κ1) is 27.0. The number of hydrogen-bond donors (Lipinski definition) is 4. The minimum Gasteiger partial charge on any atom is -0.507 e. The van der Waals surface area contributed by atoms with E-state index in [1.54, 1.807) is 19.1 Å². The standard InChI is InChI=1S/C31H27N7O3/c1-3-4-15-34-18-11-13-19(14-12-18)35-31-22(16-32)17(2)27(30(33)36-31)38-37-23-9-5-7-20-25(23)29(41)26-21(28(20)40)8-6-10-24(26)39/h5-14,34,39H,3-4,15H2,1-2H3,(H3,33,35,36). The molecular weight excluding hydrogens is 518 g/mol. The Labute approximate surface area is 236 Å². The lowest BCUT2D eigenvalue weighted by Crippen LogP contribution is -2.21. The number of rotatable bonds is 8. The number of nitrogen functional groups attached to an aromatic ring is 1. The van der Waals surface area contributed by atoms with Gasteiger partial charge >= 0.3 is 0 Å². The highest BCUT2D eigenvalue weighted by Gasteiger charge is 2.33. The summed E-state index contributed by atoms with van der Waals surface area (Å²) in [4.78, 5) is 30.8. The molecule has 1 aliphatic carbocycles. The van der Waals surface area contributed by atoms with Crippen LogP contribution in [0.25, 0.3) is 0 Å². The van der Waals surface area contributed by atoms with Crippen molar-refractivity contribution >= 4 is 46.0 Å². The van der Waals surface area contributed by atoms with Crippen molar-refractivity contribution in [3.63, 3.8) is 0 Å². The highest BCUT2D eigenvalue weighted by molar-refractivity contribution is 6.30. The first-order chi connectivity index (χ1) is 19.8. The molecule has 0 saturated carbocycles. The normalized spacial score (nSPS) is 12.1. The third kappa shape index (κ3) is 5.08. The summed E-state index contributed by atoms with van der Waals surface area (Å²) in [5.41, 5.74) is 9.19. The number of benzene rings is 3. The number of hydrogen-bond acceptors (Lipinski definition) is 10. The van der Waals surface area contributed by atoms with Crippen LogP contribution in [0.4, 0.5) is 34.4 Å². The summed E-state index contributed by atoms with van der Waals surface area (Å²) in [7, 11) is 0. The summed E-state index contributed by atoms with van der Waals surface area (Å²) < 4.78 is 0. The lowest BCUT2D eigenvalue weighted by atomic mass is 9.83. The molecule has 0 atom stereocenters. The average Bonchev–Trinajstić information content (AvgIpc) is 2.96. The molecule has 0 unspecified atom stereocenters. The van der Waals surface area contributed by atoms with Gasteiger partial charge in [0.05, 0.1) is 22.4 Å². The van der Waals surface area contributed by atoms with E-state index >= 15 is 0 Å². The van der Waals surface area contributed by atoms with E-state index in [2.05, 4.69) is 38.8 Å². The van der Waals surface area contributed by atoms with Gasteiger partial charge in [0.2, 0.25) is 0 Å². The van der Waals surface area contributed by atoms with Crippen LogP contribution in [0.15, 0.2) is 70.9 Å². The van der Waals surface area contributed by atoms with Crippen molar-refractivity contribution < 1.29 is 14.7 Å². The van der Waals surface area contributed by atoms with Crippen LogP contribution in [0, 0.1) is 18.3 Å². The van der Waals surface area contributed by atoms with E-state index in [1.165, 1.54) is 24.3 Å². The Balaban J connectivity index is 1.46. The number of phenolic OH excluding ortho intramolecular Hbond substituents is 1. The fourth-order valence-electron chi connectivity index (χ4n) is 4.68. The van der Waals surface area contributed by atoms with Crippen molar-refractivity contribution in [2.24, 2.45) is 10.2 Å². The molecule has 10 heteroatoms. The monoisotopic (exact) mass is 545 g/mol. The number of pyridine rings is 1. The Morgan fingerprint density at radius 2 is 1.63 bits per heavy atom. The molecule has 204 valence electrons. The van der Waals surface area contributed by atoms with Gasteiger partial charge in [-0.15, -0.1) is 10.2 Å². The number of anilines is 4. The molecule has 0 radical (unpaired) electrons. The van der Waals surface area contributed by atoms with Crippen molar-refractivity contribution in [3.05, 3.63) is 94.0 Å². The minimum absolute atomic E-state index is 0.0285. The van der Waals surface area contributed by atoms with Crippen LogP contribution in [-0.4, -0.2) is 28.2 Å². The second-order valence-corrected chi connectivity index (χ2v) is 9.55. The number of nitrogens with zero attached hydrogens (tertiary/aromatic N) is 4. The van der Waals surface area contributed by atoms with Crippen molar-refractivity contribution in [1.82, 2.24) is 4.98 Å². The third-order valence-corrected chi connectivity index (χ3v) is 6.85. The Kier molecular flexibility index (Phi) is 7.43. The molecule has 1 aromatic heterocycles. The molecule has 5 rings (SSSR count). The molecule has 0 amide bonds. The summed E-state index contributed by atoms with van der Waals surface area (Å²) >= 11 is 0. The minimum atomic E-state index is -0.533. The fraction of sp³-hybridized carbons (Fsp3) is 0.161. The van der Waals surface area contributed by atoms with E-state index in [1.807, 2.05) is 24.3 Å². The second-order valence-electron chi connectivity index (χ2n) is 9.55. The number of unbranched alkanes of at least 4 members (excludes halogenated alkanes) is 1. The number of azo groups is 1. The molecule has 0 saturated heterocycles. The quantitative estimate of drug-likeness (QED) is 0.123. The van der Waals surface area contributed by atoms with Gasteiger partial charge in [-0.1, -0.05) is 37.6 Å². The largest absolute Gasteiger partial charge is 0.507 e. The molecule has 0 aliphatic heterocycles. The highest BCUT2D eigenvalue weighted by Crippen LogP contribution is 2.39. The van der Waals surface area contributed by atoms with E-state index in [0.717, 1.165) is 30.8 Å². The van der Waals surface area contributed by atoms with Crippen LogP contribution in [0.5, 0.6) is 5.75 Å². The smallest absolute Gasteiger partial charge is 0.200 e. The molecule has 4 aromatic rings. The van der Waals surface area contributed by atoms with Gasteiger partial charge in [0.15, 0.2) is 23.2 Å². The molecule has 0 bridgehead atoms. The van der Waals surface area contributed by atoms with E-state index in [9.17, 15) is 20.0 Å². The van der Waals surface area contributed by atoms with Crippen LogP contribution < -0.4 is 16.4 Å². The maximum Gasteiger partial charge on any atom is 0.200 e. The van der Waals surface area contributed by atoms with Gasteiger partial charge < -0.3 is 21.5 Å². The predicted octanol–water partition coefficient (Wildman–Crippen LogP) is 6.70. The second kappa shape index (κ2) is 11.3. The Hall–Kier alpha value is -5.56. The van der Waals surface area contributed by atoms with E-state index < -0.39 is 11.6 Å². The van der Waals surface area contributed by atoms with Gasteiger partial charge in [0, 0.05) is 34.6 Å². The summed E-state index contributed by atoms with van der Waals surface area (Å²) in [5.74, 6) is -0.911. The number of aromatic nitrogens is 1. The van der Waals surface area contributed by atoms with Crippen molar-refractivity contribution in [1.29, 1.82) is 5.26 Å². The van der Waals surface area contributed by atoms with Gasteiger partial charge in [0.1, 0.15) is 17.5 Å². The number of carbonyl (C=O) groups is 2. The molecule has 10 nitrogen and oxygen atoms in total. The number of phenols is 1. The Morgan fingerprint density at radius 3 is 2.34 bits per heavy atom. The highest BCUT2D eigenvalue weighted by atomic mass is 16.3. The Morgan fingerprint density at radius 1 is 0.951 bits per heavy atom. The maximum absolute atomic E-state index is 13.3. The fourth-order valence-corrected chi connectivity index (χ4v) is 4.68. The number of nitrogens with one attached hydrogen (secondary N) is 2. The van der Waals surface area contributed by atoms with E-state index in [0.29, 0.717) is 5.56 Å². The molecule has 1 heterocycles. The first-order valence-corrected chi connectivity index (χ1v) is 13.1. The number of carbonyl (C=O) groups excluding carboxylic acids is 2. The van der Waals surface area contributed by atoms with Gasteiger partial charge in [-0.2, -0.15) is 5.26 Å². The van der Waals surface area contributed by atoms with Crippen molar-refractivity contribution in [2.75, 3.05) is 22.9 Å². The molecular formula is C31H27N7O3. The van der Waals surface area contributed by atoms with E-state index in [4.69, 9.17) is 5.73 Å². The molecule has 0 fully saturated rings. The number of fused-ring (bicyclic) bond motifs is 2. The molecule has 1 aliphatic rings. The zero-order valence-corrected chi connectivity index (χ0v) is 22.5. The molecule has 3 aromatic carbocycles. The van der Waals surface area contributed by atoms with Gasteiger partial charge in [0.25, 0.3) is 0 Å². The topological polar surface area (TPSA) is 166 Å². The summed E-state index contributed by atoms with van der Waals surface area (Å²) in [6.45, 7) is 4.71.